The molecule has 0 aromatic heterocycles. The number of likely N-dealkylation sites (tertiary alicyclic amines) is 1. The molecule has 0 radical (unpaired) electrons. The van der Waals surface area contributed by atoms with Gasteiger partial charge >= 0.3 is 6.18 Å². The number of ether oxygens (including phenoxy) is 1. The van der Waals surface area contributed by atoms with Crippen molar-refractivity contribution >= 4 is 17.5 Å². The molecule has 174 valence electrons. The number of benzene rings is 2. The van der Waals surface area contributed by atoms with Crippen LogP contribution < -0.4 is 10.6 Å². The number of nitrogens with one attached hydrogen (secondary N) is 2. The lowest BCUT2D eigenvalue weighted by Crippen LogP contribution is -2.43. The lowest BCUT2D eigenvalue weighted by Gasteiger charge is -2.23. The first-order valence-electron chi connectivity index (χ1n) is 10.4. The summed E-state index contributed by atoms with van der Waals surface area (Å²) in [6, 6.07) is 12.4. The molecule has 5 nitrogen and oxygen atoms in total. The molecule has 2 atom stereocenters. The van der Waals surface area contributed by atoms with Crippen LogP contribution in [0.3, 0.4) is 0 Å². The molecule has 32 heavy (non-hydrogen) atoms. The average molecular weight is 470 g/mol. The van der Waals surface area contributed by atoms with Gasteiger partial charge in [0.25, 0.3) is 0 Å². The van der Waals surface area contributed by atoms with E-state index in [9.17, 15) is 18.0 Å². The van der Waals surface area contributed by atoms with Crippen LogP contribution in [0.25, 0.3) is 0 Å². The standard InChI is InChI=1S/C23H27ClF3N3O2/c1-32-9-8-28-22(31)21-12-20(15-30(21)14-17-5-3-7-19(24)11-17)29-13-16-4-2-6-18(10-16)23(25,26)27/h2-7,10-11,20-21,29H,8-9,12-15H2,1H3,(H,28,31)/t20-,21+/m1/s1. The maximum Gasteiger partial charge on any atom is 0.416 e. The van der Waals surface area contributed by atoms with Crippen LogP contribution in [0.4, 0.5) is 13.2 Å². The molecular formula is C23H27ClF3N3O2. The number of nitrogens with zero attached hydrogens (tertiary/aromatic N) is 1. The SMILES string of the molecule is COCCNC(=O)[C@@H]1C[C@@H](NCc2cccc(C(F)(F)F)c2)CN1Cc1cccc(Cl)c1. The van der Waals surface area contributed by atoms with Crippen molar-refractivity contribution in [3.05, 3.63) is 70.2 Å². The molecule has 1 heterocycles. The molecule has 2 N–H and O–H groups in total. The van der Waals surface area contributed by atoms with Gasteiger partial charge in [-0.05, 0) is 35.7 Å². The van der Waals surface area contributed by atoms with Crippen molar-refractivity contribution in [1.82, 2.24) is 15.5 Å². The summed E-state index contributed by atoms with van der Waals surface area (Å²) < 4.78 is 43.9. The number of rotatable bonds is 9. The third-order valence-corrected chi connectivity index (χ3v) is 5.67. The van der Waals surface area contributed by atoms with Gasteiger partial charge in [-0.15, -0.1) is 0 Å². The zero-order chi connectivity index (χ0) is 23.1. The number of amides is 1. The first kappa shape index (κ1) is 24.5. The first-order chi connectivity index (χ1) is 15.3. The second-order valence-corrected chi connectivity index (χ2v) is 8.31. The lowest BCUT2D eigenvalue weighted by molar-refractivity contribution is -0.137. The van der Waals surface area contributed by atoms with Crippen molar-refractivity contribution in [2.45, 2.75) is 37.8 Å². The number of carbonyl (C=O) groups excluding carboxylic acids is 1. The predicted molar refractivity (Wildman–Crippen MR) is 117 cm³/mol. The van der Waals surface area contributed by atoms with E-state index in [2.05, 4.69) is 15.5 Å². The van der Waals surface area contributed by atoms with E-state index in [1.165, 1.54) is 6.07 Å². The van der Waals surface area contributed by atoms with E-state index in [1.807, 2.05) is 18.2 Å². The summed E-state index contributed by atoms with van der Waals surface area (Å²) in [5, 5.41) is 6.83. The van der Waals surface area contributed by atoms with Gasteiger partial charge in [0.05, 0.1) is 18.2 Å². The van der Waals surface area contributed by atoms with E-state index in [0.29, 0.717) is 43.2 Å². The van der Waals surface area contributed by atoms with Crippen LogP contribution in [0, 0.1) is 0 Å². The molecule has 0 unspecified atom stereocenters. The summed E-state index contributed by atoms with van der Waals surface area (Å²) in [5.74, 6) is -0.0903. The number of hydrogen-bond acceptors (Lipinski definition) is 4. The number of carbonyl (C=O) groups is 1. The predicted octanol–water partition coefficient (Wildman–Crippen LogP) is 3.85. The Labute approximate surface area is 190 Å². The molecule has 1 saturated heterocycles. The normalized spacial score (nSPS) is 19.3. The third-order valence-electron chi connectivity index (χ3n) is 5.44. The molecule has 3 rings (SSSR count). The molecule has 0 bridgehead atoms. The molecule has 1 amide bonds. The van der Waals surface area contributed by atoms with E-state index in [1.54, 1.807) is 19.2 Å². The molecule has 1 aliphatic heterocycles. The summed E-state index contributed by atoms with van der Waals surface area (Å²) in [6.45, 7) is 2.26. The van der Waals surface area contributed by atoms with Crippen molar-refractivity contribution in [3.63, 3.8) is 0 Å². The number of alkyl halides is 3. The van der Waals surface area contributed by atoms with Gasteiger partial charge in [0, 0.05) is 44.4 Å². The van der Waals surface area contributed by atoms with E-state index in [4.69, 9.17) is 16.3 Å². The van der Waals surface area contributed by atoms with Gasteiger partial charge in [-0.25, -0.2) is 0 Å². The highest BCUT2D eigenvalue weighted by molar-refractivity contribution is 6.30. The fourth-order valence-electron chi connectivity index (χ4n) is 3.88. The van der Waals surface area contributed by atoms with Crippen molar-refractivity contribution in [1.29, 1.82) is 0 Å². The van der Waals surface area contributed by atoms with Crippen molar-refractivity contribution < 1.29 is 22.7 Å². The van der Waals surface area contributed by atoms with Gasteiger partial charge in [-0.2, -0.15) is 13.2 Å². The summed E-state index contributed by atoms with van der Waals surface area (Å²) >= 11 is 6.10. The minimum atomic E-state index is -4.37. The van der Waals surface area contributed by atoms with Crippen molar-refractivity contribution in [3.8, 4) is 0 Å². The Balaban J connectivity index is 1.66. The quantitative estimate of drug-likeness (QED) is 0.548. The molecular weight excluding hydrogens is 443 g/mol. The minimum Gasteiger partial charge on any atom is -0.383 e. The fraction of sp³-hybridized carbons (Fsp3) is 0.435. The Morgan fingerprint density at radius 1 is 1.19 bits per heavy atom. The Morgan fingerprint density at radius 3 is 2.66 bits per heavy atom. The number of methoxy groups -OCH3 is 1. The molecule has 0 spiro atoms. The van der Waals surface area contributed by atoms with Gasteiger partial charge in [0.15, 0.2) is 0 Å². The Hall–Kier alpha value is -2.13. The molecule has 0 aliphatic carbocycles. The smallest absolute Gasteiger partial charge is 0.383 e. The van der Waals surface area contributed by atoms with E-state index in [0.717, 1.165) is 17.7 Å². The summed E-state index contributed by atoms with van der Waals surface area (Å²) in [7, 11) is 1.57. The molecule has 0 saturated carbocycles. The third kappa shape index (κ3) is 6.93. The van der Waals surface area contributed by atoms with Crippen LogP contribution in [0.1, 0.15) is 23.1 Å². The van der Waals surface area contributed by atoms with Crippen LogP contribution >= 0.6 is 11.6 Å². The zero-order valence-electron chi connectivity index (χ0n) is 17.8. The Morgan fingerprint density at radius 2 is 1.94 bits per heavy atom. The van der Waals surface area contributed by atoms with E-state index in [-0.39, 0.29) is 24.5 Å². The number of hydrogen-bond donors (Lipinski definition) is 2. The zero-order valence-corrected chi connectivity index (χ0v) is 18.5. The highest BCUT2D eigenvalue weighted by atomic mass is 35.5. The average Bonchev–Trinajstić information content (AvgIpc) is 3.15. The highest BCUT2D eigenvalue weighted by Gasteiger charge is 2.36. The van der Waals surface area contributed by atoms with Gasteiger partial charge in [0.1, 0.15) is 0 Å². The molecule has 2 aromatic rings. The maximum absolute atomic E-state index is 13.0. The van der Waals surface area contributed by atoms with E-state index < -0.39 is 11.7 Å². The molecule has 1 fully saturated rings. The summed E-state index contributed by atoms with van der Waals surface area (Å²) in [5.41, 5.74) is 0.876. The molecule has 9 heteroatoms. The number of halogens is 4. The summed E-state index contributed by atoms with van der Waals surface area (Å²) in [4.78, 5) is 14.8. The van der Waals surface area contributed by atoms with Gasteiger partial charge in [-0.3, -0.25) is 9.69 Å². The Kier molecular flexibility index (Phi) is 8.53. The van der Waals surface area contributed by atoms with Gasteiger partial charge in [-0.1, -0.05) is 41.9 Å². The van der Waals surface area contributed by atoms with Crippen molar-refractivity contribution in [2.24, 2.45) is 0 Å². The highest BCUT2D eigenvalue weighted by Crippen LogP contribution is 2.29. The molecule has 2 aromatic carbocycles. The maximum atomic E-state index is 13.0. The van der Waals surface area contributed by atoms with Gasteiger partial charge < -0.3 is 15.4 Å². The second-order valence-electron chi connectivity index (χ2n) is 7.87. The van der Waals surface area contributed by atoms with Crippen LogP contribution in [-0.4, -0.2) is 49.7 Å². The molecule has 1 aliphatic rings. The van der Waals surface area contributed by atoms with Crippen molar-refractivity contribution in [2.75, 3.05) is 26.8 Å². The summed E-state index contributed by atoms with van der Waals surface area (Å²) in [6.07, 6.45) is -3.82. The largest absolute Gasteiger partial charge is 0.416 e. The van der Waals surface area contributed by atoms with E-state index >= 15 is 0 Å². The second kappa shape index (κ2) is 11.1. The van der Waals surface area contributed by atoms with Crippen LogP contribution in [0.5, 0.6) is 0 Å². The first-order valence-corrected chi connectivity index (χ1v) is 10.8. The fourth-order valence-corrected chi connectivity index (χ4v) is 4.10. The van der Waals surface area contributed by atoms with Gasteiger partial charge in [0.2, 0.25) is 5.91 Å². The van der Waals surface area contributed by atoms with Crippen LogP contribution in [0.15, 0.2) is 48.5 Å². The lowest BCUT2D eigenvalue weighted by atomic mass is 10.1. The van der Waals surface area contributed by atoms with Crippen LogP contribution in [-0.2, 0) is 28.8 Å². The topological polar surface area (TPSA) is 53.6 Å². The monoisotopic (exact) mass is 469 g/mol. The Bertz CT molecular complexity index is 910. The van der Waals surface area contributed by atoms with Crippen LogP contribution in [0.2, 0.25) is 5.02 Å². The minimum absolute atomic E-state index is 0.0399.